The zero-order valence-electron chi connectivity index (χ0n) is 20.3. The summed E-state index contributed by atoms with van der Waals surface area (Å²) in [7, 11) is 0. The van der Waals surface area contributed by atoms with Gasteiger partial charge in [-0.3, -0.25) is 9.89 Å². The monoisotopic (exact) mass is 505 g/mol. The van der Waals surface area contributed by atoms with Gasteiger partial charge in [-0.05, 0) is 42.8 Å². The molecule has 2 aromatic heterocycles. The van der Waals surface area contributed by atoms with Gasteiger partial charge in [-0.2, -0.15) is 5.10 Å². The Bertz CT molecular complexity index is 1370. The van der Waals surface area contributed by atoms with Gasteiger partial charge in [0.25, 0.3) is 0 Å². The van der Waals surface area contributed by atoms with Gasteiger partial charge in [0, 0.05) is 35.9 Å². The van der Waals surface area contributed by atoms with Crippen LogP contribution in [0, 0.1) is 5.82 Å². The zero-order chi connectivity index (χ0) is 25.6. The average molecular weight is 506 g/mol. The molecule has 0 aliphatic carbocycles. The number of benzene rings is 2. The molecule has 1 amide bonds. The molecule has 11 heteroatoms. The molecule has 4 aromatic rings. The molecular formula is C26H28FN7O3. The first kappa shape index (κ1) is 24.6. The van der Waals surface area contributed by atoms with Gasteiger partial charge in [-0.25, -0.2) is 14.4 Å². The number of carbonyl (C=O) groups is 1. The lowest BCUT2D eigenvalue weighted by Crippen LogP contribution is -2.47. The van der Waals surface area contributed by atoms with Crippen LogP contribution in [-0.4, -0.2) is 58.0 Å². The molecule has 5 rings (SSSR count). The summed E-state index contributed by atoms with van der Waals surface area (Å²) in [5.41, 5.74) is 1.73. The summed E-state index contributed by atoms with van der Waals surface area (Å²) in [6, 6.07) is 13.1. The highest BCUT2D eigenvalue weighted by Crippen LogP contribution is 2.28. The molecule has 2 aromatic carbocycles. The highest BCUT2D eigenvalue weighted by molar-refractivity contribution is 5.93. The number of halogens is 1. The first-order valence-corrected chi connectivity index (χ1v) is 12.2. The Morgan fingerprint density at radius 3 is 2.97 bits per heavy atom. The molecule has 1 aliphatic heterocycles. The maximum Gasteiger partial charge on any atom is 0.230 e. The number of ether oxygens (including phenoxy) is 2. The van der Waals surface area contributed by atoms with Crippen molar-refractivity contribution >= 4 is 34.1 Å². The van der Waals surface area contributed by atoms with E-state index >= 15 is 0 Å². The van der Waals surface area contributed by atoms with Crippen molar-refractivity contribution in [2.24, 2.45) is 0 Å². The molecule has 3 heterocycles. The Kier molecular flexibility index (Phi) is 7.52. The van der Waals surface area contributed by atoms with Crippen LogP contribution in [0.1, 0.15) is 19.0 Å². The molecule has 0 bridgehead atoms. The van der Waals surface area contributed by atoms with Crippen molar-refractivity contribution in [1.29, 1.82) is 0 Å². The van der Waals surface area contributed by atoms with Crippen molar-refractivity contribution in [2.75, 3.05) is 30.3 Å². The molecule has 1 fully saturated rings. The molecule has 2 unspecified atom stereocenters. The van der Waals surface area contributed by atoms with Gasteiger partial charge in [0.15, 0.2) is 5.82 Å². The summed E-state index contributed by atoms with van der Waals surface area (Å²) >= 11 is 0. The van der Waals surface area contributed by atoms with Crippen LogP contribution >= 0.6 is 0 Å². The summed E-state index contributed by atoms with van der Waals surface area (Å²) in [6.07, 6.45) is 2.23. The van der Waals surface area contributed by atoms with Crippen molar-refractivity contribution in [1.82, 2.24) is 25.5 Å². The molecule has 1 saturated heterocycles. The van der Waals surface area contributed by atoms with Gasteiger partial charge in [-0.1, -0.05) is 13.0 Å². The lowest BCUT2D eigenvalue weighted by Gasteiger charge is -2.30. The van der Waals surface area contributed by atoms with Gasteiger partial charge >= 0.3 is 0 Å². The molecule has 37 heavy (non-hydrogen) atoms. The van der Waals surface area contributed by atoms with Gasteiger partial charge in [0.05, 0.1) is 18.5 Å². The number of nitrogens with zero attached hydrogens (tertiary/aromatic N) is 3. The number of amides is 1. The number of anilines is 3. The number of fused-ring (bicyclic) bond motifs is 1. The SMILES string of the molecule is CCC(Oc1ccc2ncnc(Nc3cc(CC(=O)Nc4cccc(F)c4)[nH]n3)c2c1)C1CNCCO1. The van der Waals surface area contributed by atoms with Crippen LogP contribution in [0.2, 0.25) is 0 Å². The molecule has 10 nitrogen and oxygen atoms in total. The van der Waals surface area contributed by atoms with E-state index in [1.165, 1.54) is 24.5 Å². The maximum absolute atomic E-state index is 13.4. The second-order valence-electron chi connectivity index (χ2n) is 8.72. The van der Waals surface area contributed by atoms with E-state index in [1.807, 2.05) is 18.2 Å². The second kappa shape index (κ2) is 11.3. The number of hydrogen-bond acceptors (Lipinski definition) is 8. The average Bonchev–Trinajstić information content (AvgIpc) is 3.34. The first-order valence-electron chi connectivity index (χ1n) is 12.2. The Balaban J connectivity index is 1.27. The second-order valence-corrected chi connectivity index (χ2v) is 8.72. The van der Waals surface area contributed by atoms with Crippen LogP contribution in [0.5, 0.6) is 5.75 Å². The van der Waals surface area contributed by atoms with E-state index < -0.39 is 5.82 Å². The number of aromatic amines is 1. The highest BCUT2D eigenvalue weighted by atomic mass is 19.1. The molecular weight excluding hydrogens is 477 g/mol. The van der Waals surface area contributed by atoms with E-state index in [4.69, 9.17) is 9.47 Å². The largest absolute Gasteiger partial charge is 0.488 e. The molecule has 4 N–H and O–H groups in total. The fraction of sp³-hybridized carbons (Fsp3) is 0.308. The number of rotatable bonds is 9. The van der Waals surface area contributed by atoms with E-state index in [1.54, 1.807) is 12.1 Å². The fourth-order valence-corrected chi connectivity index (χ4v) is 4.21. The molecule has 0 saturated carbocycles. The van der Waals surface area contributed by atoms with E-state index in [2.05, 4.69) is 43.0 Å². The number of H-pyrrole nitrogens is 1. The summed E-state index contributed by atoms with van der Waals surface area (Å²) < 4.78 is 25.5. The number of morpholine rings is 1. The lowest BCUT2D eigenvalue weighted by molar-refractivity contribution is -0.115. The van der Waals surface area contributed by atoms with E-state index in [0.29, 0.717) is 35.4 Å². The van der Waals surface area contributed by atoms with Crippen molar-refractivity contribution in [3.8, 4) is 5.75 Å². The maximum atomic E-state index is 13.4. The predicted molar refractivity (Wildman–Crippen MR) is 137 cm³/mol. The summed E-state index contributed by atoms with van der Waals surface area (Å²) in [6.45, 7) is 4.35. The smallest absolute Gasteiger partial charge is 0.230 e. The Labute approximate surface area is 213 Å². The fourth-order valence-electron chi connectivity index (χ4n) is 4.21. The molecule has 192 valence electrons. The minimum Gasteiger partial charge on any atom is -0.488 e. The van der Waals surface area contributed by atoms with Gasteiger partial charge < -0.3 is 25.4 Å². The van der Waals surface area contributed by atoms with Gasteiger partial charge in [0.1, 0.15) is 35.9 Å². The lowest BCUT2D eigenvalue weighted by atomic mass is 10.1. The van der Waals surface area contributed by atoms with Crippen LogP contribution in [-0.2, 0) is 16.0 Å². The van der Waals surface area contributed by atoms with E-state index in [-0.39, 0.29) is 24.5 Å². The molecule has 0 spiro atoms. The van der Waals surface area contributed by atoms with E-state index in [9.17, 15) is 9.18 Å². The van der Waals surface area contributed by atoms with E-state index in [0.717, 1.165) is 30.4 Å². The van der Waals surface area contributed by atoms with Crippen molar-refractivity contribution in [3.63, 3.8) is 0 Å². The van der Waals surface area contributed by atoms with Gasteiger partial charge in [-0.15, -0.1) is 0 Å². The summed E-state index contributed by atoms with van der Waals surface area (Å²) in [5.74, 6) is 1.04. The molecule has 0 radical (unpaired) electrons. The quantitative estimate of drug-likeness (QED) is 0.272. The first-order chi connectivity index (χ1) is 18.1. The summed E-state index contributed by atoms with van der Waals surface area (Å²) in [4.78, 5) is 21.1. The Morgan fingerprint density at radius 1 is 1.24 bits per heavy atom. The minimum atomic E-state index is -0.416. The number of aromatic nitrogens is 4. The van der Waals surface area contributed by atoms with Crippen molar-refractivity contribution in [2.45, 2.75) is 32.0 Å². The van der Waals surface area contributed by atoms with Crippen LogP contribution in [0.15, 0.2) is 54.9 Å². The minimum absolute atomic E-state index is 0.0142. The number of hydrogen-bond donors (Lipinski definition) is 4. The Morgan fingerprint density at radius 2 is 2.16 bits per heavy atom. The number of nitrogens with one attached hydrogen (secondary N) is 4. The molecule has 2 atom stereocenters. The molecule has 1 aliphatic rings. The van der Waals surface area contributed by atoms with Crippen LogP contribution in [0.25, 0.3) is 10.9 Å². The third kappa shape index (κ3) is 6.19. The predicted octanol–water partition coefficient (Wildman–Crippen LogP) is 3.56. The van der Waals surface area contributed by atoms with Crippen LogP contribution < -0.4 is 20.7 Å². The third-order valence-electron chi connectivity index (χ3n) is 6.00. The highest BCUT2D eigenvalue weighted by Gasteiger charge is 2.25. The van der Waals surface area contributed by atoms with Crippen molar-refractivity contribution < 1.29 is 18.7 Å². The standard InChI is InChI=1S/C26H28FN7O3/c1-2-22(23-14-28-8-9-36-23)37-19-6-7-21-20(13-19)26(30-15-29-21)32-24-11-18(33-34-24)12-25(35)31-17-5-3-4-16(27)10-17/h3-7,10-11,13,15,22-23,28H,2,8-9,12,14H2,1H3,(H,31,35)(H2,29,30,32,33,34). The summed E-state index contributed by atoms with van der Waals surface area (Å²) in [5, 5.41) is 17.1. The zero-order valence-corrected chi connectivity index (χ0v) is 20.3. The van der Waals surface area contributed by atoms with Crippen LogP contribution in [0.3, 0.4) is 0 Å². The third-order valence-corrected chi connectivity index (χ3v) is 6.00. The van der Waals surface area contributed by atoms with Crippen LogP contribution in [0.4, 0.5) is 21.7 Å². The number of carbonyl (C=O) groups excluding carboxylic acids is 1. The normalized spacial score (nSPS) is 16.3. The topological polar surface area (TPSA) is 126 Å². The van der Waals surface area contributed by atoms with Crippen molar-refractivity contribution in [3.05, 3.63) is 66.4 Å². The Hall–Kier alpha value is -4.09. The van der Waals surface area contributed by atoms with Gasteiger partial charge in [0.2, 0.25) is 5.91 Å².